The maximum absolute atomic E-state index is 6.04. The van der Waals surface area contributed by atoms with E-state index in [1.807, 2.05) is 12.1 Å². The lowest BCUT2D eigenvalue weighted by Gasteiger charge is -2.27. The molecule has 3 heteroatoms. The number of hydrogen-bond donors (Lipinski definition) is 1. The van der Waals surface area contributed by atoms with Gasteiger partial charge in [-0.15, -0.1) is 11.3 Å². The first-order chi connectivity index (χ1) is 8.09. The molecule has 1 unspecified atom stereocenters. The van der Waals surface area contributed by atoms with Gasteiger partial charge in [0, 0.05) is 11.9 Å². The second-order valence-corrected chi connectivity index (χ2v) is 5.34. The Balaban J connectivity index is 2.30. The van der Waals surface area contributed by atoms with Crippen molar-refractivity contribution in [3.05, 3.63) is 46.2 Å². The molecule has 0 spiro atoms. The predicted octanol–water partition coefficient (Wildman–Crippen LogP) is 3.84. The third kappa shape index (κ3) is 2.44. The molecule has 2 nitrogen and oxygen atoms in total. The molecule has 0 saturated carbocycles. The van der Waals surface area contributed by atoms with Crippen molar-refractivity contribution in [2.24, 2.45) is 0 Å². The van der Waals surface area contributed by atoms with Gasteiger partial charge in [-0.25, -0.2) is 0 Å². The predicted molar refractivity (Wildman–Crippen MR) is 76.7 cm³/mol. The Morgan fingerprint density at radius 3 is 2.71 bits per heavy atom. The van der Waals surface area contributed by atoms with Crippen molar-refractivity contribution < 1.29 is 0 Å². The van der Waals surface area contributed by atoms with E-state index in [9.17, 15) is 0 Å². The first kappa shape index (κ1) is 12.0. The summed E-state index contributed by atoms with van der Waals surface area (Å²) in [5.74, 6) is 0. The summed E-state index contributed by atoms with van der Waals surface area (Å²) in [6.07, 6.45) is 0. The summed E-state index contributed by atoms with van der Waals surface area (Å²) in [6, 6.07) is 10.8. The van der Waals surface area contributed by atoms with Gasteiger partial charge < -0.3 is 10.6 Å². The Morgan fingerprint density at radius 2 is 2.06 bits per heavy atom. The number of nitrogen functional groups attached to an aromatic ring is 1. The van der Waals surface area contributed by atoms with Gasteiger partial charge in [-0.05, 0) is 43.0 Å². The topological polar surface area (TPSA) is 29.3 Å². The molecule has 1 aromatic heterocycles. The van der Waals surface area contributed by atoms with Crippen molar-refractivity contribution in [1.82, 2.24) is 0 Å². The van der Waals surface area contributed by atoms with Gasteiger partial charge in [0.15, 0.2) is 0 Å². The van der Waals surface area contributed by atoms with E-state index in [1.54, 1.807) is 11.3 Å². The molecule has 0 fully saturated rings. The molecule has 90 valence electrons. The van der Waals surface area contributed by atoms with Crippen LogP contribution in [-0.4, -0.2) is 7.05 Å². The summed E-state index contributed by atoms with van der Waals surface area (Å²) in [7, 11) is 2.09. The van der Waals surface area contributed by atoms with E-state index in [4.69, 9.17) is 5.73 Å². The van der Waals surface area contributed by atoms with Crippen LogP contribution in [0.1, 0.15) is 23.4 Å². The molecule has 2 N–H and O–H groups in total. The Hall–Kier alpha value is -1.48. The zero-order chi connectivity index (χ0) is 12.4. The van der Waals surface area contributed by atoms with Crippen LogP contribution in [-0.2, 0) is 0 Å². The number of benzene rings is 1. The van der Waals surface area contributed by atoms with Crippen LogP contribution < -0.4 is 10.6 Å². The summed E-state index contributed by atoms with van der Waals surface area (Å²) in [5.41, 5.74) is 9.22. The summed E-state index contributed by atoms with van der Waals surface area (Å²) in [5, 5.41) is 2.11. The zero-order valence-electron chi connectivity index (χ0n) is 10.5. The molecule has 1 heterocycles. The molecule has 0 aliphatic rings. The Bertz CT molecular complexity index is 491. The van der Waals surface area contributed by atoms with Gasteiger partial charge in [0.05, 0.1) is 17.4 Å². The maximum atomic E-state index is 6.04. The van der Waals surface area contributed by atoms with Gasteiger partial charge in [-0.2, -0.15) is 0 Å². The smallest absolute Gasteiger partial charge is 0.0605 e. The van der Waals surface area contributed by atoms with Crippen LogP contribution in [0.25, 0.3) is 0 Å². The van der Waals surface area contributed by atoms with Crippen LogP contribution in [0.4, 0.5) is 11.4 Å². The zero-order valence-corrected chi connectivity index (χ0v) is 11.3. The van der Waals surface area contributed by atoms with E-state index in [-0.39, 0.29) is 0 Å². The van der Waals surface area contributed by atoms with Crippen LogP contribution in [0.15, 0.2) is 35.7 Å². The largest absolute Gasteiger partial charge is 0.397 e. The van der Waals surface area contributed by atoms with Crippen LogP contribution in [0.5, 0.6) is 0 Å². The summed E-state index contributed by atoms with van der Waals surface area (Å²) < 4.78 is 0. The van der Waals surface area contributed by atoms with E-state index in [0.717, 1.165) is 11.4 Å². The molecule has 0 saturated heterocycles. The highest BCUT2D eigenvalue weighted by atomic mass is 32.1. The highest BCUT2D eigenvalue weighted by molar-refractivity contribution is 7.10. The molecule has 2 rings (SSSR count). The highest BCUT2D eigenvalue weighted by Gasteiger charge is 2.15. The fraction of sp³-hybridized carbons (Fsp3) is 0.286. The van der Waals surface area contributed by atoms with Crippen molar-refractivity contribution in [1.29, 1.82) is 0 Å². The molecule has 0 aliphatic carbocycles. The van der Waals surface area contributed by atoms with Crippen molar-refractivity contribution in [2.75, 3.05) is 17.7 Å². The number of thiophene rings is 1. The minimum absolute atomic E-state index is 0.346. The molecule has 2 aromatic rings. The molecule has 0 bridgehead atoms. The SMILES string of the molecule is Cc1ccc(N)c(N(C)C(C)c2cccs2)c1. The van der Waals surface area contributed by atoms with Crippen LogP contribution >= 0.6 is 11.3 Å². The van der Waals surface area contributed by atoms with Gasteiger partial charge in [0.25, 0.3) is 0 Å². The normalized spacial score (nSPS) is 12.4. The lowest BCUT2D eigenvalue weighted by Crippen LogP contribution is -2.22. The molecule has 0 radical (unpaired) electrons. The third-order valence-corrected chi connectivity index (χ3v) is 4.14. The summed E-state index contributed by atoms with van der Waals surface area (Å²) >= 11 is 1.78. The van der Waals surface area contributed by atoms with Crippen LogP contribution in [0.2, 0.25) is 0 Å². The fourth-order valence-electron chi connectivity index (χ4n) is 1.89. The monoisotopic (exact) mass is 246 g/mol. The van der Waals surface area contributed by atoms with Gasteiger partial charge in [0.2, 0.25) is 0 Å². The van der Waals surface area contributed by atoms with Crippen LogP contribution in [0.3, 0.4) is 0 Å². The molecular formula is C14H18N2S. The second-order valence-electron chi connectivity index (χ2n) is 4.36. The first-order valence-corrected chi connectivity index (χ1v) is 6.60. The van der Waals surface area contributed by atoms with E-state index in [1.165, 1.54) is 10.4 Å². The van der Waals surface area contributed by atoms with E-state index >= 15 is 0 Å². The number of anilines is 2. The molecule has 0 aliphatic heterocycles. The Kier molecular flexibility index (Phi) is 3.38. The number of aryl methyl sites for hydroxylation is 1. The minimum Gasteiger partial charge on any atom is -0.397 e. The summed E-state index contributed by atoms with van der Waals surface area (Å²) in [4.78, 5) is 3.59. The van der Waals surface area contributed by atoms with E-state index in [2.05, 4.69) is 49.4 Å². The number of nitrogens with two attached hydrogens (primary N) is 1. The van der Waals surface area contributed by atoms with Gasteiger partial charge in [0.1, 0.15) is 0 Å². The lowest BCUT2D eigenvalue weighted by atomic mass is 10.1. The van der Waals surface area contributed by atoms with Crippen molar-refractivity contribution in [2.45, 2.75) is 19.9 Å². The molecule has 1 atom stereocenters. The number of nitrogens with zero attached hydrogens (tertiary/aromatic N) is 1. The van der Waals surface area contributed by atoms with Gasteiger partial charge in [-0.3, -0.25) is 0 Å². The summed E-state index contributed by atoms with van der Waals surface area (Å²) in [6.45, 7) is 4.29. The van der Waals surface area contributed by atoms with Gasteiger partial charge in [-0.1, -0.05) is 12.1 Å². The number of rotatable bonds is 3. The van der Waals surface area contributed by atoms with Crippen molar-refractivity contribution in [3.8, 4) is 0 Å². The quantitative estimate of drug-likeness (QED) is 0.834. The Morgan fingerprint density at radius 1 is 1.29 bits per heavy atom. The fourth-order valence-corrected chi connectivity index (χ4v) is 2.71. The van der Waals surface area contributed by atoms with E-state index in [0.29, 0.717) is 6.04 Å². The minimum atomic E-state index is 0.346. The first-order valence-electron chi connectivity index (χ1n) is 5.72. The third-order valence-electron chi connectivity index (χ3n) is 3.10. The van der Waals surface area contributed by atoms with Gasteiger partial charge >= 0.3 is 0 Å². The average Bonchev–Trinajstić information content (AvgIpc) is 2.84. The number of hydrogen-bond acceptors (Lipinski definition) is 3. The van der Waals surface area contributed by atoms with Crippen molar-refractivity contribution >= 4 is 22.7 Å². The molecular weight excluding hydrogens is 228 g/mol. The standard InChI is InChI=1S/C14H18N2S/c1-10-6-7-12(15)13(9-10)16(3)11(2)14-5-4-8-17-14/h4-9,11H,15H2,1-3H3. The molecule has 17 heavy (non-hydrogen) atoms. The van der Waals surface area contributed by atoms with Crippen LogP contribution in [0, 0.1) is 6.92 Å². The van der Waals surface area contributed by atoms with Crippen molar-refractivity contribution in [3.63, 3.8) is 0 Å². The lowest BCUT2D eigenvalue weighted by molar-refractivity contribution is 0.755. The Labute approximate surface area is 107 Å². The average molecular weight is 246 g/mol. The molecule has 0 amide bonds. The molecule has 1 aromatic carbocycles. The maximum Gasteiger partial charge on any atom is 0.0605 e. The second kappa shape index (κ2) is 4.80. The van der Waals surface area contributed by atoms with E-state index < -0.39 is 0 Å². The highest BCUT2D eigenvalue weighted by Crippen LogP contribution is 2.32.